The van der Waals surface area contributed by atoms with Gasteiger partial charge in [0.05, 0.1) is 11.6 Å². The Morgan fingerprint density at radius 2 is 2.22 bits per heavy atom. The van der Waals surface area contributed by atoms with Crippen LogP contribution in [0.25, 0.3) is 0 Å². The molecule has 0 radical (unpaired) electrons. The van der Waals surface area contributed by atoms with Crippen LogP contribution >= 0.6 is 0 Å². The number of nitrogens with one attached hydrogen (secondary N) is 1. The first-order chi connectivity index (χ1) is 8.56. The molecule has 0 saturated heterocycles. The first-order valence-electron chi connectivity index (χ1n) is 6.32. The van der Waals surface area contributed by atoms with Crippen LogP contribution in [0, 0.1) is 18.7 Å². The van der Waals surface area contributed by atoms with Gasteiger partial charge in [0, 0.05) is 6.04 Å². The molecule has 0 amide bonds. The van der Waals surface area contributed by atoms with Gasteiger partial charge >= 0.3 is 5.97 Å². The van der Waals surface area contributed by atoms with E-state index in [1.165, 1.54) is 6.07 Å². The second-order valence-corrected chi connectivity index (χ2v) is 5.03. The fourth-order valence-corrected chi connectivity index (χ4v) is 2.50. The predicted molar refractivity (Wildman–Crippen MR) is 68.1 cm³/mol. The van der Waals surface area contributed by atoms with Crippen molar-refractivity contribution in [2.75, 3.05) is 5.32 Å². The Hall–Kier alpha value is -1.58. The lowest BCUT2D eigenvalue weighted by atomic mass is 9.85. The van der Waals surface area contributed by atoms with Gasteiger partial charge in [-0.15, -0.1) is 0 Å². The standard InChI is InChI=1S/C14H18FNO2/c1-9-5-6-13(12(15)7-9)16-11-4-2-3-10(8-11)14(17)18/h5-7,10-11,16H,2-4,8H2,1H3,(H,17,18). The van der Waals surface area contributed by atoms with Gasteiger partial charge in [0.25, 0.3) is 0 Å². The lowest BCUT2D eigenvalue weighted by Crippen LogP contribution is -2.31. The van der Waals surface area contributed by atoms with Crippen molar-refractivity contribution in [3.8, 4) is 0 Å². The van der Waals surface area contributed by atoms with E-state index in [2.05, 4.69) is 5.32 Å². The normalized spacial score (nSPS) is 23.7. The number of carboxylic acids is 1. The van der Waals surface area contributed by atoms with E-state index in [4.69, 9.17) is 5.11 Å². The molecule has 1 aromatic rings. The molecule has 0 spiro atoms. The third-order valence-electron chi connectivity index (χ3n) is 3.51. The molecule has 18 heavy (non-hydrogen) atoms. The van der Waals surface area contributed by atoms with Crippen LogP contribution in [0.4, 0.5) is 10.1 Å². The molecule has 2 unspecified atom stereocenters. The predicted octanol–water partition coefficient (Wildman–Crippen LogP) is 3.19. The SMILES string of the molecule is Cc1ccc(NC2CCCC(C(=O)O)C2)c(F)c1. The highest BCUT2D eigenvalue weighted by atomic mass is 19.1. The van der Waals surface area contributed by atoms with Crippen molar-refractivity contribution < 1.29 is 14.3 Å². The van der Waals surface area contributed by atoms with Crippen LogP contribution in [0.3, 0.4) is 0 Å². The molecule has 2 atom stereocenters. The van der Waals surface area contributed by atoms with Crippen LogP contribution in [0.15, 0.2) is 18.2 Å². The lowest BCUT2D eigenvalue weighted by Gasteiger charge is -2.28. The zero-order valence-electron chi connectivity index (χ0n) is 10.4. The smallest absolute Gasteiger partial charge is 0.306 e. The van der Waals surface area contributed by atoms with Crippen LogP contribution in [0.1, 0.15) is 31.2 Å². The van der Waals surface area contributed by atoms with Gasteiger partial charge in [-0.05, 0) is 43.9 Å². The molecule has 98 valence electrons. The van der Waals surface area contributed by atoms with E-state index in [0.29, 0.717) is 12.1 Å². The number of aryl methyl sites for hydroxylation is 1. The maximum atomic E-state index is 13.7. The average Bonchev–Trinajstić information content (AvgIpc) is 2.33. The first-order valence-corrected chi connectivity index (χ1v) is 6.32. The third kappa shape index (κ3) is 3.00. The monoisotopic (exact) mass is 251 g/mol. The highest BCUT2D eigenvalue weighted by Gasteiger charge is 2.27. The molecular formula is C14H18FNO2. The summed E-state index contributed by atoms with van der Waals surface area (Å²) in [5.41, 5.74) is 1.35. The zero-order valence-corrected chi connectivity index (χ0v) is 10.4. The quantitative estimate of drug-likeness (QED) is 0.867. The highest BCUT2D eigenvalue weighted by Crippen LogP contribution is 2.27. The van der Waals surface area contributed by atoms with E-state index < -0.39 is 5.97 Å². The number of rotatable bonds is 3. The Labute approximate surface area is 106 Å². The number of halogens is 1. The van der Waals surface area contributed by atoms with E-state index in [9.17, 15) is 9.18 Å². The Balaban J connectivity index is 2.02. The van der Waals surface area contributed by atoms with Crippen molar-refractivity contribution in [1.29, 1.82) is 0 Å². The molecule has 2 rings (SSSR count). The molecular weight excluding hydrogens is 233 g/mol. The lowest BCUT2D eigenvalue weighted by molar-refractivity contribution is -0.142. The molecule has 2 N–H and O–H groups in total. The molecule has 3 nitrogen and oxygen atoms in total. The Morgan fingerprint density at radius 1 is 1.44 bits per heavy atom. The van der Waals surface area contributed by atoms with Gasteiger partial charge in [0.2, 0.25) is 0 Å². The van der Waals surface area contributed by atoms with Gasteiger partial charge in [0.15, 0.2) is 0 Å². The van der Waals surface area contributed by atoms with Crippen molar-refractivity contribution >= 4 is 11.7 Å². The van der Waals surface area contributed by atoms with Crippen LogP contribution in [0.5, 0.6) is 0 Å². The number of carbonyl (C=O) groups is 1. The maximum absolute atomic E-state index is 13.7. The molecule has 0 heterocycles. The van der Waals surface area contributed by atoms with E-state index in [1.54, 1.807) is 6.07 Å². The Morgan fingerprint density at radius 3 is 2.89 bits per heavy atom. The van der Waals surface area contributed by atoms with Gasteiger partial charge in [-0.1, -0.05) is 12.5 Å². The van der Waals surface area contributed by atoms with E-state index in [-0.39, 0.29) is 17.8 Å². The van der Waals surface area contributed by atoms with Crippen molar-refractivity contribution in [2.24, 2.45) is 5.92 Å². The summed E-state index contributed by atoms with van der Waals surface area (Å²) in [5, 5.41) is 12.1. The largest absolute Gasteiger partial charge is 0.481 e. The summed E-state index contributed by atoms with van der Waals surface area (Å²) < 4.78 is 13.7. The van der Waals surface area contributed by atoms with Crippen LogP contribution in [0.2, 0.25) is 0 Å². The second kappa shape index (κ2) is 5.38. The van der Waals surface area contributed by atoms with Crippen LogP contribution in [-0.2, 0) is 4.79 Å². The van der Waals surface area contributed by atoms with Gasteiger partial charge in [-0.2, -0.15) is 0 Å². The minimum atomic E-state index is -0.745. The average molecular weight is 251 g/mol. The summed E-state index contributed by atoms with van der Waals surface area (Å²) in [7, 11) is 0. The van der Waals surface area contributed by atoms with Gasteiger partial charge in [0.1, 0.15) is 5.82 Å². The fourth-order valence-electron chi connectivity index (χ4n) is 2.50. The highest BCUT2D eigenvalue weighted by molar-refractivity contribution is 5.70. The fraction of sp³-hybridized carbons (Fsp3) is 0.500. The summed E-state index contributed by atoms with van der Waals surface area (Å²) in [6.45, 7) is 1.84. The van der Waals surface area contributed by atoms with Crippen molar-refractivity contribution in [2.45, 2.75) is 38.6 Å². The minimum absolute atomic E-state index is 0.0528. The van der Waals surface area contributed by atoms with E-state index in [0.717, 1.165) is 24.8 Å². The van der Waals surface area contributed by atoms with Gasteiger partial charge < -0.3 is 10.4 Å². The second-order valence-electron chi connectivity index (χ2n) is 5.03. The first kappa shape index (κ1) is 12.9. The van der Waals surface area contributed by atoms with Crippen LogP contribution < -0.4 is 5.32 Å². The molecule has 0 bridgehead atoms. The summed E-state index contributed by atoms with van der Waals surface area (Å²) in [5.74, 6) is -1.32. The van der Waals surface area contributed by atoms with E-state index >= 15 is 0 Å². The number of benzene rings is 1. The number of hydrogen-bond donors (Lipinski definition) is 2. The number of hydrogen-bond acceptors (Lipinski definition) is 2. The number of anilines is 1. The van der Waals surface area contributed by atoms with Gasteiger partial charge in [-0.25, -0.2) is 4.39 Å². The van der Waals surface area contributed by atoms with Crippen molar-refractivity contribution in [3.05, 3.63) is 29.6 Å². The molecule has 0 aromatic heterocycles. The van der Waals surface area contributed by atoms with E-state index in [1.807, 2.05) is 13.0 Å². The topological polar surface area (TPSA) is 49.3 Å². The summed E-state index contributed by atoms with van der Waals surface area (Å²) in [6.07, 6.45) is 3.08. The Bertz CT molecular complexity index is 447. The molecule has 1 fully saturated rings. The molecule has 1 saturated carbocycles. The summed E-state index contributed by atoms with van der Waals surface area (Å²) in [4.78, 5) is 11.0. The maximum Gasteiger partial charge on any atom is 0.306 e. The molecule has 1 aliphatic carbocycles. The van der Waals surface area contributed by atoms with Crippen molar-refractivity contribution in [1.82, 2.24) is 0 Å². The minimum Gasteiger partial charge on any atom is -0.481 e. The molecule has 4 heteroatoms. The van der Waals surface area contributed by atoms with Crippen LogP contribution in [-0.4, -0.2) is 17.1 Å². The summed E-state index contributed by atoms with van der Waals surface area (Å²) in [6, 6.07) is 5.11. The molecule has 1 aliphatic rings. The molecule has 1 aromatic carbocycles. The third-order valence-corrected chi connectivity index (χ3v) is 3.51. The zero-order chi connectivity index (χ0) is 13.1. The molecule has 0 aliphatic heterocycles. The summed E-state index contributed by atoms with van der Waals surface area (Å²) >= 11 is 0. The van der Waals surface area contributed by atoms with Gasteiger partial charge in [-0.3, -0.25) is 4.79 Å². The Kier molecular flexibility index (Phi) is 3.84. The van der Waals surface area contributed by atoms with Crippen molar-refractivity contribution in [3.63, 3.8) is 0 Å². The number of carboxylic acid groups (broad SMARTS) is 1. The number of aliphatic carboxylic acids is 1.